The number of halogens is 2. The van der Waals surface area contributed by atoms with E-state index >= 15 is 0 Å². The summed E-state index contributed by atoms with van der Waals surface area (Å²) in [6, 6.07) is 3.28. The molecule has 2 aromatic heterocycles. The molecule has 0 bridgehead atoms. The molecule has 9 nitrogen and oxygen atoms in total. The highest BCUT2D eigenvalue weighted by Gasteiger charge is 2.30. The van der Waals surface area contributed by atoms with E-state index in [-0.39, 0.29) is 33.9 Å². The van der Waals surface area contributed by atoms with Gasteiger partial charge >= 0.3 is 0 Å². The van der Waals surface area contributed by atoms with Gasteiger partial charge in [0.1, 0.15) is 17.0 Å². The Morgan fingerprint density at radius 2 is 1.89 bits per heavy atom. The topological polar surface area (TPSA) is 105 Å². The number of rotatable bonds is 10. The van der Waals surface area contributed by atoms with Crippen LogP contribution in [0, 0.1) is 5.92 Å². The molecule has 1 saturated heterocycles. The van der Waals surface area contributed by atoms with E-state index in [4.69, 9.17) is 47.1 Å². The van der Waals surface area contributed by atoms with Crippen molar-refractivity contribution >= 4 is 45.8 Å². The van der Waals surface area contributed by atoms with Crippen molar-refractivity contribution in [3.8, 4) is 28.6 Å². The third kappa shape index (κ3) is 5.74. The number of ketones is 1. The molecule has 1 aliphatic rings. The van der Waals surface area contributed by atoms with Gasteiger partial charge in [-0.1, -0.05) is 29.8 Å². The number of pyridine rings is 1. The lowest BCUT2D eigenvalue weighted by atomic mass is 9.97. The predicted molar refractivity (Wildman–Crippen MR) is 143 cm³/mol. The van der Waals surface area contributed by atoms with Crippen molar-refractivity contribution in [2.45, 2.75) is 32.4 Å². The van der Waals surface area contributed by atoms with Gasteiger partial charge in [0.2, 0.25) is 11.8 Å². The van der Waals surface area contributed by atoms with Gasteiger partial charge in [-0.05, 0) is 26.0 Å². The Bertz CT molecular complexity index is 1310. The second kappa shape index (κ2) is 11.5. The highest BCUT2D eigenvalue weighted by molar-refractivity contribution is 6.41. The van der Waals surface area contributed by atoms with Crippen LogP contribution in [0.1, 0.15) is 20.3 Å². The van der Waals surface area contributed by atoms with Gasteiger partial charge < -0.3 is 24.3 Å². The number of nitrogens with zero attached hydrogens (tertiary/aromatic N) is 3. The molecule has 0 aliphatic carbocycles. The molecule has 1 aliphatic heterocycles. The number of anilines is 1. The van der Waals surface area contributed by atoms with Gasteiger partial charge in [-0.15, -0.1) is 0 Å². The van der Waals surface area contributed by atoms with Crippen molar-refractivity contribution in [2.75, 3.05) is 32.8 Å². The number of methoxy groups -OCH3 is 2. The van der Waals surface area contributed by atoms with Crippen LogP contribution in [-0.2, 0) is 9.53 Å². The predicted octanol–water partition coefficient (Wildman–Crippen LogP) is 5.38. The highest BCUT2D eigenvalue weighted by Crippen LogP contribution is 2.46. The van der Waals surface area contributed by atoms with Crippen molar-refractivity contribution in [3.05, 3.63) is 41.0 Å². The first-order valence-corrected chi connectivity index (χ1v) is 12.5. The fraction of sp³-hybridized carbons (Fsp3) is 0.385. The normalized spacial score (nSPS) is 17.2. The van der Waals surface area contributed by atoms with Gasteiger partial charge in [-0.25, -0.2) is 15.0 Å². The maximum atomic E-state index is 11.9. The molecule has 1 fully saturated rings. The average molecular weight is 547 g/mol. The Labute approximate surface area is 225 Å². The minimum absolute atomic E-state index is 0.0102. The fourth-order valence-corrected chi connectivity index (χ4v) is 4.78. The fourth-order valence-electron chi connectivity index (χ4n) is 4.09. The minimum atomic E-state index is -0.180. The average Bonchev–Trinajstić information content (AvgIpc) is 3.30. The quantitative estimate of drug-likeness (QED) is 0.335. The molecule has 1 aromatic carbocycles. The second-order valence-electron chi connectivity index (χ2n) is 8.82. The molecule has 11 heteroatoms. The lowest BCUT2D eigenvalue weighted by Gasteiger charge is -2.19. The summed E-state index contributed by atoms with van der Waals surface area (Å²) in [5.41, 5.74) is 1.40. The van der Waals surface area contributed by atoms with E-state index in [1.807, 2.05) is 13.8 Å². The van der Waals surface area contributed by atoms with Crippen LogP contribution in [0.15, 0.2) is 31.0 Å². The summed E-state index contributed by atoms with van der Waals surface area (Å²) < 4.78 is 22.4. The summed E-state index contributed by atoms with van der Waals surface area (Å²) >= 11 is 13.3. The minimum Gasteiger partial charge on any atom is -0.495 e. The first-order valence-electron chi connectivity index (χ1n) is 11.7. The van der Waals surface area contributed by atoms with E-state index in [2.05, 4.69) is 21.9 Å². The zero-order valence-electron chi connectivity index (χ0n) is 21.0. The van der Waals surface area contributed by atoms with E-state index in [1.54, 1.807) is 18.3 Å². The number of fused-ring (bicyclic) bond motifs is 1. The van der Waals surface area contributed by atoms with Gasteiger partial charge in [0, 0.05) is 35.6 Å². The molecule has 3 aromatic rings. The number of allylic oxidation sites excluding steroid dienone is 1. The number of ether oxygens (including phenoxy) is 4. The summed E-state index contributed by atoms with van der Waals surface area (Å²) in [6.45, 7) is 8.26. The summed E-state index contributed by atoms with van der Waals surface area (Å²) in [6.07, 6.45) is 3.16. The Morgan fingerprint density at radius 1 is 1.19 bits per heavy atom. The molecule has 1 N–H and O–H groups in total. The van der Waals surface area contributed by atoms with Crippen LogP contribution in [0.5, 0.6) is 17.4 Å². The molecule has 0 saturated carbocycles. The Kier molecular flexibility index (Phi) is 8.36. The van der Waals surface area contributed by atoms with E-state index in [0.29, 0.717) is 65.1 Å². The van der Waals surface area contributed by atoms with Crippen molar-refractivity contribution in [3.63, 3.8) is 0 Å². The first kappa shape index (κ1) is 26.9. The molecule has 0 spiro atoms. The van der Waals surface area contributed by atoms with Crippen molar-refractivity contribution in [2.24, 2.45) is 5.92 Å². The first-order chi connectivity index (χ1) is 17.7. The number of carbonyl (C=O) groups is 1. The Hall–Kier alpha value is -3.14. The van der Waals surface area contributed by atoms with Crippen molar-refractivity contribution < 1.29 is 23.7 Å². The number of aromatic nitrogens is 3. The third-order valence-electron chi connectivity index (χ3n) is 5.91. The lowest BCUT2D eigenvalue weighted by Crippen LogP contribution is -2.30. The van der Waals surface area contributed by atoms with E-state index in [9.17, 15) is 4.79 Å². The monoisotopic (exact) mass is 546 g/mol. The molecule has 196 valence electrons. The van der Waals surface area contributed by atoms with E-state index < -0.39 is 0 Å². The maximum absolute atomic E-state index is 11.9. The van der Waals surface area contributed by atoms with Gasteiger partial charge in [-0.2, -0.15) is 0 Å². The highest BCUT2D eigenvalue weighted by atomic mass is 35.5. The van der Waals surface area contributed by atoms with Gasteiger partial charge in [-0.3, -0.25) is 4.79 Å². The summed E-state index contributed by atoms with van der Waals surface area (Å²) in [4.78, 5) is 25.8. The number of benzene rings is 1. The van der Waals surface area contributed by atoms with Crippen LogP contribution in [0.25, 0.3) is 22.2 Å². The van der Waals surface area contributed by atoms with Crippen LogP contribution in [0.2, 0.25) is 10.0 Å². The van der Waals surface area contributed by atoms with Crippen LogP contribution in [0.4, 0.5) is 5.95 Å². The van der Waals surface area contributed by atoms with Gasteiger partial charge in [0.05, 0.1) is 55.3 Å². The summed E-state index contributed by atoms with van der Waals surface area (Å²) in [5, 5.41) is 4.54. The summed E-state index contributed by atoms with van der Waals surface area (Å²) in [7, 11) is 3.02. The summed E-state index contributed by atoms with van der Waals surface area (Å²) in [5.74, 6) is 1.42. The van der Waals surface area contributed by atoms with Crippen molar-refractivity contribution in [1.29, 1.82) is 0 Å². The van der Waals surface area contributed by atoms with Crippen LogP contribution < -0.4 is 19.5 Å². The molecular formula is C26H28Cl2N4O5. The zero-order chi connectivity index (χ0) is 26.7. The molecule has 37 heavy (non-hydrogen) atoms. The maximum Gasteiger partial charge on any atom is 0.241 e. The third-order valence-corrected chi connectivity index (χ3v) is 6.67. The molecule has 4 rings (SSSR count). The van der Waals surface area contributed by atoms with Gasteiger partial charge in [0.15, 0.2) is 5.78 Å². The van der Waals surface area contributed by atoms with Gasteiger partial charge in [0.25, 0.3) is 0 Å². The second-order valence-corrected chi connectivity index (χ2v) is 9.57. The Balaban J connectivity index is 1.77. The van der Waals surface area contributed by atoms with Crippen LogP contribution >= 0.6 is 23.2 Å². The lowest BCUT2D eigenvalue weighted by molar-refractivity contribution is -0.115. The number of carbonyl (C=O) groups excluding carboxylic acids is 1. The van der Waals surface area contributed by atoms with Crippen LogP contribution in [0.3, 0.4) is 0 Å². The molecular weight excluding hydrogens is 519 g/mol. The number of hydrogen-bond acceptors (Lipinski definition) is 9. The molecule has 0 unspecified atom stereocenters. The van der Waals surface area contributed by atoms with E-state index in [0.717, 1.165) is 0 Å². The molecule has 0 amide bonds. The molecule has 3 heterocycles. The SMILES string of the molecule is C=CC(=O)C[C@H]1COC[C@H]1Nc1ncc2cc(-c3c(Cl)c(OC)cc(OC)c3Cl)nc(OC(C)C)c2n1. The molecule has 0 radical (unpaired) electrons. The standard InChI is InChI=1S/C26H28Cl2N4O5/c1-6-16(33)7-15-11-36-12-18(15)31-26-29-10-14-8-17(30-25(24(14)32-26)37-13(2)3)21-22(27)19(34-4)9-20(35-5)23(21)28/h6,8-10,13,15,18H,1,7,11-12H2,2-5H3,(H,29,31,32)/t15-,18+/m0/s1. The molecule has 2 atom stereocenters. The van der Waals surface area contributed by atoms with E-state index in [1.165, 1.54) is 20.3 Å². The zero-order valence-corrected chi connectivity index (χ0v) is 22.5. The number of nitrogens with one attached hydrogen (secondary N) is 1. The number of hydrogen-bond donors (Lipinski definition) is 1. The van der Waals surface area contributed by atoms with Crippen LogP contribution in [-0.4, -0.2) is 60.3 Å². The largest absolute Gasteiger partial charge is 0.495 e. The Morgan fingerprint density at radius 3 is 2.51 bits per heavy atom. The van der Waals surface area contributed by atoms with Crippen molar-refractivity contribution in [1.82, 2.24) is 15.0 Å². The smallest absolute Gasteiger partial charge is 0.241 e.